The van der Waals surface area contributed by atoms with Crippen LogP contribution in [0, 0.1) is 11.8 Å². The van der Waals surface area contributed by atoms with Crippen LogP contribution < -0.4 is 14.8 Å². The summed E-state index contributed by atoms with van der Waals surface area (Å²) in [5.41, 5.74) is 0.381. The number of rotatable bonds is 7. The third kappa shape index (κ3) is 5.27. The third-order valence-electron chi connectivity index (χ3n) is 6.62. The Bertz CT molecular complexity index is 756. The quantitative estimate of drug-likeness (QED) is 0.733. The standard InChI is InChI=1S/C24H36N2O4/c1-24(2,19-11-12-20(29-3)21(14-19)30-4)25-23(28)18-10-13-22(27)26(16-18)15-17-8-6-5-7-9-17/h11-12,14,17-18H,5-10,13,15-16H2,1-4H3,(H,25,28). The summed E-state index contributed by atoms with van der Waals surface area (Å²) < 4.78 is 10.7. The van der Waals surface area contributed by atoms with Gasteiger partial charge in [0.05, 0.1) is 25.7 Å². The molecule has 0 aromatic heterocycles. The van der Waals surface area contributed by atoms with Crippen molar-refractivity contribution in [1.82, 2.24) is 10.2 Å². The highest BCUT2D eigenvalue weighted by molar-refractivity contribution is 5.84. The van der Waals surface area contributed by atoms with E-state index in [9.17, 15) is 9.59 Å². The second-order valence-electron chi connectivity index (χ2n) is 9.22. The number of benzene rings is 1. The van der Waals surface area contributed by atoms with Crippen molar-refractivity contribution in [2.24, 2.45) is 11.8 Å². The Hall–Kier alpha value is -2.24. The number of hydrogen-bond donors (Lipinski definition) is 1. The summed E-state index contributed by atoms with van der Waals surface area (Å²) in [6.45, 7) is 5.31. The molecule has 0 bridgehead atoms. The molecule has 2 fully saturated rings. The minimum atomic E-state index is -0.563. The molecule has 2 amide bonds. The molecule has 0 spiro atoms. The summed E-state index contributed by atoms with van der Waals surface area (Å²) in [6, 6.07) is 5.70. The van der Waals surface area contributed by atoms with Gasteiger partial charge in [-0.05, 0) is 56.7 Å². The van der Waals surface area contributed by atoms with Gasteiger partial charge in [0.15, 0.2) is 11.5 Å². The van der Waals surface area contributed by atoms with E-state index in [2.05, 4.69) is 5.32 Å². The lowest BCUT2D eigenvalue weighted by Gasteiger charge is -2.37. The van der Waals surface area contributed by atoms with Gasteiger partial charge in [0, 0.05) is 19.5 Å². The molecule has 1 saturated heterocycles. The maximum absolute atomic E-state index is 13.1. The Morgan fingerprint density at radius 3 is 2.47 bits per heavy atom. The van der Waals surface area contributed by atoms with E-state index >= 15 is 0 Å². The molecular weight excluding hydrogens is 380 g/mol. The van der Waals surface area contributed by atoms with E-state index in [1.807, 2.05) is 36.9 Å². The maximum Gasteiger partial charge on any atom is 0.225 e. The van der Waals surface area contributed by atoms with Crippen LogP contribution in [0.2, 0.25) is 0 Å². The average Bonchev–Trinajstić information content (AvgIpc) is 2.75. The van der Waals surface area contributed by atoms with Gasteiger partial charge in [-0.15, -0.1) is 0 Å². The average molecular weight is 417 g/mol. The Labute approximate surface area is 180 Å². The highest BCUT2D eigenvalue weighted by atomic mass is 16.5. The predicted octanol–water partition coefficient (Wildman–Crippen LogP) is 3.87. The zero-order valence-electron chi connectivity index (χ0n) is 18.8. The fourth-order valence-electron chi connectivity index (χ4n) is 4.69. The first-order chi connectivity index (χ1) is 14.3. The van der Waals surface area contributed by atoms with Gasteiger partial charge in [-0.2, -0.15) is 0 Å². The van der Waals surface area contributed by atoms with E-state index in [1.54, 1.807) is 14.2 Å². The molecule has 1 N–H and O–H groups in total. The van der Waals surface area contributed by atoms with Crippen LogP contribution in [0.25, 0.3) is 0 Å². The Morgan fingerprint density at radius 2 is 1.80 bits per heavy atom. The van der Waals surface area contributed by atoms with Crippen LogP contribution in [-0.4, -0.2) is 44.0 Å². The van der Waals surface area contributed by atoms with Crippen LogP contribution in [0.3, 0.4) is 0 Å². The normalized spacial score (nSPS) is 20.7. The van der Waals surface area contributed by atoms with Crippen molar-refractivity contribution in [1.29, 1.82) is 0 Å². The van der Waals surface area contributed by atoms with Gasteiger partial charge in [0.25, 0.3) is 0 Å². The molecule has 1 aliphatic carbocycles. The lowest BCUT2D eigenvalue weighted by Crippen LogP contribution is -2.50. The second-order valence-corrected chi connectivity index (χ2v) is 9.22. The van der Waals surface area contributed by atoms with E-state index in [4.69, 9.17) is 9.47 Å². The lowest BCUT2D eigenvalue weighted by atomic mass is 9.87. The van der Waals surface area contributed by atoms with Crippen LogP contribution in [0.1, 0.15) is 64.4 Å². The predicted molar refractivity (Wildman–Crippen MR) is 117 cm³/mol. The fourth-order valence-corrected chi connectivity index (χ4v) is 4.69. The van der Waals surface area contributed by atoms with Gasteiger partial charge < -0.3 is 19.7 Å². The number of piperidine rings is 1. The number of amides is 2. The van der Waals surface area contributed by atoms with Crippen molar-refractivity contribution in [3.8, 4) is 11.5 Å². The minimum Gasteiger partial charge on any atom is -0.493 e. The Balaban J connectivity index is 1.64. The molecule has 0 radical (unpaired) electrons. The fraction of sp³-hybridized carbons (Fsp3) is 0.667. The molecule has 3 rings (SSSR count). The van der Waals surface area contributed by atoms with Crippen LogP contribution in [0.4, 0.5) is 0 Å². The largest absolute Gasteiger partial charge is 0.493 e. The first-order valence-electron chi connectivity index (χ1n) is 11.2. The highest BCUT2D eigenvalue weighted by Gasteiger charge is 2.34. The molecule has 1 unspecified atom stereocenters. The van der Waals surface area contributed by atoms with Gasteiger partial charge >= 0.3 is 0 Å². The maximum atomic E-state index is 13.1. The van der Waals surface area contributed by atoms with Gasteiger partial charge in [0.2, 0.25) is 11.8 Å². The summed E-state index contributed by atoms with van der Waals surface area (Å²) in [5.74, 6) is 1.94. The van der Waals surface area contributed by atoms with E-state index in [-0.39, 0.29) is 17.7 Å². The van der Waals surface area contributed by atoms with Crippen molar-refractivity contribution >= 4 is 11.8 Å². The molecular formula is C24H36N2O4. The van der Waals surface area contributed by atoms with Crippen molar-refractivity contribution in [2.45, 2.75) is 64.3 Å². The van der Waals surface area contributed by atoms with Crippen LogP contribution in [0.15, 0.2) is 18.2 Å². The number of carbonyl (C=O) groups is 2. The minimum absolute atomic E-state index is 0.0101. The number of nitrogens with zero attached hydrogens (tertiary/aromatic N) is 1. The van der Waals surface area contributed by atoms with Crippen molar-refractivity contribution in [3.63, 3.8) is 0 Å². The number of methoxy groups -OCH3 is 2. The summed E-state index contributed by atoms with van der Waals surface area (Å²) in [4.78, 5) is 27.5. The van der Waals surface area contributed by atoms with Crippen LogP contribution >= 0.6 is 0 Å². The summed E-state index contributed by atoms with van der Waals surface area (Å²) in [5, 5.41) is 3.20. The van der Waals surface area contributed by atoms with Gasteiger partial charge in [-0.25, -0.2) is 0 Å². The number of hydrogen-bond acceptors (Lipinski definition) is 4. The van der Waals surface area contributed by atoms with Crippen molar-refractivity contribution < 1.29 is 19.1 Å². The van der Waals surface area contributed by atoms with E-state index in [0.717, 1.165) is 12.1 Å². The molecule has 2 aliphatic rings. The molecule has 1 aromatic carbocycles. The number of nitrogens with one attached hydrogen (secondary N) is 1. The lowest BCUT2D eigenvalue weighted by molar-refractivity contribution is -0.139. The van der Waals surface area contributed by atoms with E-state index in [1.165, 1.54) is 32.1 Å². The molecule has 166 valence electrons. The van der Waals surface area contributed by atoms with Gasteiger partial charge in [-0.1, -0.05) is 25.3 Å². The SMILES string of the molecule is COc1ccc(C(C)(C)NC(=O)C2CCC(=O)N(CC3CCCCC3)C2)cc1OC. The Kier molecular flexibility index (Phi) is 7.27. The molecule has 6 heteroatoms. The van der Waals surface area contributed by atoms with E-state index < -0.39 is 5.54 Å². The van der Waals surface area contributed by atoms with Gasteiger partial charge in [0.1, 0.15) is 0 Å². The van der Waals surface area contributed by atoms with Crippen LogP contribution in [-0.2, 0) is 15.1 Å². The van der Waals surface area contributed by atoms with Crippen LogP contribution in [0.5, 0.6) is 11.5 Å². The molecule has 1 heterocycles. The van der Waals surface area contributed by atoms with Gasteiger partial charge in [-0.3, -0.25) is 9.59 Å². The summed E-state index contributed by atoms with van der Waals surface area (Å²) in [6.07, 6.45) is 7.31. The summed E-state index contributed by atoms with van der Waals surface area (Å²) in [7, 11) is 3.21. The molecule has 1 saturated carbocycles. The van der Waals surface area contributed by atoms with E-state index in [0.29, 0.717) is 36.8 Å². The molecule has 1 atom stereocenters. The number of likely N-dealkylation sites (tertiary alicyclic amines) is 1. The Morgan fingerprint density at radius 1 is 1.10 bits per heavy atom. The van der Waals surface area contributed by atoms with Crippen molar-refractivity contribution in [2.75, 3.05) is 27.3 Å². The first kappa shape index (κ1) is 22.4. The number of carbonyl (C=O) groups excluding carboxylic acids is 2. The number of ether oxygens (including phenoxy) is 2. The third-order valence-corrected chi connectivity index (χ3v) is 6.62. The topological polar surface area (TPSA) is 67.9 Å². The highest BCUT2D eigenvalue weighted by Crippen LogP contribution is 2.33. The zero-order valence-corrected chi connectivity index (χ0v) is 18.8. The molecule has 1 aromatic rings. The molecule has 1 aliphatic heterocycles. The summed E-state index contributed by atoms with van der Waals surface area (Å²) >= 11 is 0. The second kappa shape index (κ2) is 9.71. The first-order valence-corrected chi connectivity index (χ1v) is 11.2. The molecule has 6 nitrogen and oxygen atoms in total. The molecule has 30 heavy (non-hydrogen) atoms. The monoisotopic (exact) mass is 416 g/mol. The van der Waals surface area contributed by atoms with Crippen molar-refractivity contribution in [3.05, 3.63) is 23.8 Å². The smallest absolute Gasteiger partial charge is 0.225 e. The zero-order chi connectivity index (χ0) is 21.7.